The molecule has 0 atom stereocenters. The topological polar surface area (TPSA) is 22.9 Å². The molecule has 0 spiro atoms. The number of benzene rings is 8. The van der Waals surface area contributed by atoms with Gasteiger partial charge in [0.25, 0.3) is 6.71 Å². The Hall–Kier alpha value is -6.98. The number of nitrogens with zero attached hydrogens (tertiary/aromatic N) is 3. The zero-order valence-corrected chi connectivity index (χ0v) is 42.5. The average molecular weight is 902 g/mol. The molecule has 69 heavy (non-hydrogen) atoms. The van der Waals surface area contributed by atoms with E-state index in [2.05, 4.69) is 268 Å². The molecular weight excluding hydrogens is 838 g/mol. The molecule has 0 N–H and O–H groups in total. The minimum absolute atomic E-state index is 0.0567. The van der Waals surface area contributed by atoms with Crippen molar-refractivity contribution >= 4 is 96.2 Å². The molecule has 8 aromatic carbocycles. The number of anilines is 9. The van der Waals surface area contributed by atoms with Gasteiger partial charge in [0, 0.05) is 50.6 Å². The first-order valence-electron chi connectivity index (χ1n) is 24.8. The van der Waals surface area contributed by atoms with Crippen LogP contribution >= 0.6 is 0 Å². The molecule has 5 heteroatoms. The van der Waals surface area contributed by atoms with E-state index in [4.69, 9.17) is 4.42 Å². The standard InChI is InChI=1S/C64H64BN3O/c1-61(2,3)45-29-17-19-35-51(45)67-54-39-42(66(41-25-14-13-15-26-41)53-37-22-28-44-43-27-16-21-38-56(43)69-60(44)53)40-55-57(54)65(49-33-23-31-47(58(49)67)63(7,8)9)50-34-24-32-48(64(10,11)12)59(50)68(55)52-36-20-18-30-46(52)62(4,5)6/h13-40H,1-12H3. The van der Waals surface area contributed by atoms with Crippen molar-refractivity contribution in [3.63, 3.8) is 0 Å². The minimum atomic E-state index is -0.173. The largest absolute Gasteiger partial charge is 0.454 e. The van der Waals surface area contributed by atoms with Crippen molar-refractivity contribution in [2.45, 2.75) is 105 Å². The number of hydrogen-bond donors (Lipinski definition) is 0. The van der Waals surface area contributed by atoms with Crippen LogP contribution in [0.3, 0.4) is 0 Å². The summed E-state index contributed by atoms with van der Waals surface area (Å²) in [5, 5.41) is 2.20. The summed E-state index contributed by atoms with van der Waals surface area (Å²) in [4.78, 5) is 7.76. The van der Waals surface area contributed by atoms with E-state index in [-0.39, 0.29) is 28.4 Å². The predicted molar refractivity (Wildman–Crippen MR) is 297 cm³/mol. The second kappa shape index (κ2) is 15.8. The summed E-state index contributed by atoms with van der Waals surface area (Å²) >= 11 is 0. The van der Waals surface area contributed by atoms with Crippen LogP contribution in [-0.4, -0.2) is 6.71 Å². The van der Waals surface area contributed by atoms with Crippen molar-refractivity contribution in [2.24, 2.45) is 0 Å². The maximum Gasteiger partial charge on any atom is 0.252 e. The van der Waals surface area contributed by atoms with Crippen LogP contribution in [0.1, 0.15) is 105 Å². The normalized spacial score (nSPS) is 13.7. The molecule has 1 aromatic heterocycles. The fourth-order valence-corrected chi connectivity index (χ4v) is 11.4. The summed E-state index contributed by atoms with van der Waals surface area (Å²) in [7, 11) is 0. The van der Waals surface area contributed by atoms with Crippen LogP contribution in [0.2, 0.25) is 0 Å². The Labute approximate surface area is 410 Å². The Kier molecular flexibility index (Phi) is 10.2. The van der Waals surface area contributed by atoms with Gasteiger partial charge in [0.15, 0.2) is 5.58 Å². The van der Waals surface area contributed by atoms with Gasteiger partial charge in [-0.3, -0.25) is 0 Å². The van der Waals surface area contributed by atoms with Crippen LogP contribution in [0.5, 0.6) is 0 Å². The van der Waals surface area contributed by atoms with Crippen molar-refractivity contribution in [2.75, 3.05) is 14.7 Å². The van der Waals surface area contributed by atoms with Crippen molar-refractivity contribution in [3.05, 3.63) is 192 Å². The van der Waals surface area contributed by atoms with Crippen LogP contribution in [0.15, 0.2) is 174 Å². The van der Waals surface area contributed by atoms with E-state index in [1.165, 1.54) is 72.8 Å². The molecule has 0 saturated heterocycles. The van der Waals surface area contributed by atoms with E-state index in [1.807, 2.05) is 0 Å². The monoisotopic (exact) mass is 902 g/mol. The first-order chi connectivity index (χ1) is 32.8. The Morgan fingerprint density at radius 2 is 0.826 bits per heavy atom. The van der Waals surface area contributed by atoms with Gasteiger partial charge in [0.05, 0.1) is 11.4 Å². The summed E-state index contributed by atoms with van der Waals surface area (Å²) in [5.41, 5.74) is 20.7. The fraction of sp³-hybridized carbons (Fsp3) is 0.250. The quantitative estimate of drug-likeness (QED) is 0.161. The Morgan fingerprint density at radius 1 is 0.391 bits per heavy atom. The van der Waals surface area contributed by atoms with Gasteiger partial charge in [-0.1, -0.05) is 204 Å². The molecule has 3 heterocycles. The van der Waals surface area contributed by atoms with Gasteiger partial charge in [0.2, 0.25) is 0 Å². The van der Waals surface area contributed by atoms with E-state index in [9.17, 15) is 0 Å². The van der Waals surface area contributed by atoms with Gasteiger partial charge in [-0.25, -0.2) is 0 Å². The highest BCUT2D eigenvalue weighted by Crippen LogP contribution is 2.54. The molecule has 4 nitrogen and oxygen atoms in total. The molecule has 2 aliphatic heterocycles. The highest BCUT2D eigenvalue weighted by atomic mass is 16.3. The maximum atomic E-state index is 6.93. The molecule has 0 unspecified atom stereocenters. The van der Waals surface area contributed by atoms with Crippen LogP contribution in [-0.2, 0) is 21.7 Å². The van der Waals surface area contributed by atoms with Gasteiger partial charge in [-0.05, 0) is 109 Å². The van der Waals surface area contributed by atoms with E-state index >= 15 is 0 Å². The molecule has 11 rings (SSSR count). The lowest BCUT2D eigenvalue weighted by Gasteiger charge is -2.48. The average Bonchev–Trinajstić information content (AvgIpc) is 3.70. The third kappa shape index (κ3) is 7.18. The number of fused-ring (bicyclic) bond motifs is 7. The van der Waals surface area contributed by atoms with Crippen LogP contribution < -0.4 is 31.1 Å². The third-order valence-electron chi connectivity index (χ3n) is 14.5. The van der Waals surface area contributed by atoms with Crippen molar-refractivity contribution in [3.8, 4) is 0 Å². The zero-order chi connectivity index (χ0) is 48.4. The van der Waals surface area contributed by atoms with E-state index < -0.39 is 0 Å². The van der Waals surface area contributed by atoms with Crippen LogP contribution in [0.4, 0.5) is 51.2 Å². The molecule has 0 bridgehead atoms. The lowest BCUT2D eigenvalue weighted by molar-refractivity contribution is 0.587. The summed E-state index contributed by atoms with van der Waals surface area (Å²) < 4.78 is 6.93. The first kappa shape index (κ1) is 44.5. The zero-order valence-electron chi connectivity index (χ0n) is 42.5. The molecule has 0 amide bonds. The molecule has 344 valence electrons. The van der Waals surface area contributed by atoms with E-state index in [0.29, 0.717) is 0 Å². The van der Waals surface area contributed by atoms with Crippen molar-refractivity contribution in [1.82, 2.24) is 0 Å². The van der Waals surface area contributed by atoms with Crippen LogP contribution in [0.25, 0.3) is 21.9 Å². The summed E-state index contributed by atoms with van der Waals surface area (Å²) in [6.45, 7) is 28.3. The lowest BCUT2D eigenvalue weighted by atomic mass is 9.33. The van der Waals surface area contributed by atoms with Gasteiger partial charge in [-0.15, -0.1) is 0 Å². The molecule has 0 fully saturated rings. The Bertz CT molecular complexity index is 3320. The van der Waals surface area contributed by atoms with E-state index in [0.717, 1.165) is 39.0 Å². The van der Waals surface area contributed by atoms with Crippen molar-refractivity contribution in [1.29, 1.82) is 0 Å². The van der Waals surface area contributed by atoms with Crippen molar-refractivity contribution < 1.29 is 4.42 Å². The maximum absolute atomic E-state index is 6.93. The minimum Gasteiger partial charge on any atom is -0.454 e. The number of hydrogen-bond acceptors (Lipinski definition) is 4. The fourth-order valence-electron chi connectivity index (χ4n) is 11.4. The highest BCUT2D eigenvalue weighted by molar-refractivity contribution is 7.00. The number of furan rings is 1. The van der Waals surface area contributed by atoms with Gasteiger partial charge in [0.1, 0.15) is 5.58 Å². The molecular formula is C64H64BN3O. The smallest absolute Gasteiger partial charge is 0.252 e. The Balaban J connectivity index is 1.36. The lowest BCUT2D eigenvalue weighted by Crippen LogP contribution is -2.62. The van der Waals surface area contributed by atoms with Gasteiger partial charge < -0.3 is 19.1 Å². The van der Waals surface area contributed by atoms with E-state index in [1.54, 1.807) is 0 Å². The number of rotatable bonds is 5. The summed E-state index contributed by atoms with van der Waals surface area (Å²) in [6.07, 6.45) is 0. The predicted octanol–water partition coefficient (Wildman–Crippen LogP) is 16.3. The highest BCUT2D eigenvalue weighted by Gasteiger charge is 2.47. The summed E-state index contributed by atoms with van der Waals surface area (Å²) in [6, 6.07) is 63.4. The van der Waals surface area contributed by atoms with Crippen LogP contribution in [0, 0.1) is 0 Å². The molecule has 0 aliphatic carbocycles. The molecule has 9 aromatic rings. The van der Waals surface area contributed by atoms with Gasteiger partial charge >= 0.3 is 0 Å². The van der Waals surface area contributed by atoms with Gasteiger partial charge in [-0.2, -0.15) is 0 Å². The number of para-hydroxylation sites is 7. The Morgan fingerprint density at radius 3 is 1.35 bits per heavy atom. The summed E-state index contributed by atoms with van der Waals surface area (Å²) in [5.74, 6) is 0. The molecule has 2 aliphatic rings. The second-order valence-corrected chi connectivity index (χ2v) is 23.4. The second-order valence-electron chi connectivity index (χ2n) is 23.4. The first-order valence-corrected chi connectivity index (χ1v) is 24.8. The SMILES string of the molecule is CC(C)(C)c1ccccc1N1c2cc(N(c3ccccc3)c3cccc4c3oc3ccccc34)cc3c2B(c2cccc(C(C)(C)C)c21)c1cccc(C(C)(C)C)c1N3c1ccccc1C(C)(C)C. The third-order valence-corrected chi connectivity index (χ3v) is 14.5. The molecule has 0 saturated carbocycles. The molecule has 0 radical (unpaired) electrons.